The number of rotatable bonds is 11. The summed E-state index contributed by atoms with van der Waals surface area (Å²) in [5, 5.41) is 14.2. The number of carbonyl (C=O) groups is 2. The van der Waals surface area contributed by atoms with Gasteiger partial charge in [-0.25, -0.2) is 4.98 Å². The molecule has 2 heterocycles. The summed E-state index contributed by atoms with van der Waals surface area (Å²) in [5.74, 6) is 0.846. The largest absolute Gasteiger partial charge is 0.497 e. The van der Waals surface area contributed by atoms with Gasteiger partial charge in [-0.2, -0.15) is 0 Å². The maximum atomic E-state index is 13.7. The molecule has 5 rings (SSSR count). The topological polar surface area (TPSA) is 112 Å². The number of aryl methyl sites for hydroxylation is 2. The third kappa shape index (κ3) is 6.60. The maximum Gasteiger partial charge on any atom is 0.323 e. The molecule has 228 valence electrons. The molecule has 1 amide bonds. The quantitative estimate of drug-likeness (QED) is 0.176. The molecule has 0 unspecified atom stereocenters. The predicted octanol–water partition coefficient (Wildman–Crippen LogP) is 7.60. The molecule has 9 nitrogen and oxygen atoms in total. The molecule has 0 bridgehead atoms. The number of nitrogens with one attached hydrogen (secondary N) is 1. The molecule has 4 aromatic rings. The molecule has 1 aliphatic rings. The number of aromatic nitrogens is 2. The molecule has 1 saturated carbocycles. The van der Waals surface area contributed by atoms with Crippen LogP contribution in [0.3, 0.4) is 0 Å². The molecule has 1 aliphatic carbocycles. The van der Waals surface area contributed by atoms with Gasteiger partial charge in [-0.05, 0) is 55.5 Å². The summed E-state index contributed by atoms with van der Waals surface area (Å²) in [6, 6.07) is 8.82. The number of thiazole rings is 1. The van der Waals surface area contributed by atoms with Crippen molar-refractivity contribution in [1.29, 1.82) is 0 Å². The molecule has 43 heavy (non-hydrogen) atoms. The van der Waals surface area contributed by atoms with E-state index < -0.39 is 11.9 Å². The first-order valence-electron chi connectivity index (χ1n) is 14.3. The van der Waals surface area contributed by atoms with E-state index in [1.54, 1.807) is 39.5 Å². The van der Waals surface area contributed by atoms with Crippen LogP contribution in [0.1, 0.15) is 59.5 Å². The minimum atomic E-state index is -1.05. The monoisotopic (exact) mass is 625 g/mol. The van der Waals surface area contributed by atoms with Crippen LogP contribution in [-0.2, 0) is 17.8 Å². The van der Waals surface area contributed by atoms with Gasteiger partial charge in [0.05, 0.1) is 37.6 Å². The van der Waals surface area contributed by atoms with Crippen LogP contribution in [-0.4, -0.2) is 47.9 Å². The Morgan fingerprint density at radius 3 is 2.47 bits per heavy atom. The Bertz CT molecular complexity index is 1660. The zero-order chi connectivity index (χ0) is 30.7. The van der Waals surface area contributed by atoms with Crippen molar-refractivity contribution in [3.8, 4) is 28.5 Å². The van der Waals surface area contributed by atoms with Gasteiger partial charge in [0.1, 0.15) is 29.5 Å². The van der Waals surface area contributed by atoms with Crippen molar-refractivity contribution in [2.24, 2.45) is 5.92 Å². The molecule has 2 aromatic heterocycles. The number of methoxy groups -OCH3 is 3. The van der Waals surface area contributed by atoms with Crippen molar-refractivity contribution in [1.82, 2.24) is 9.55 Å². The summed E-state index contributed by atoms with van der Waals surface area (Å²) in [7, 11) is 4.71. The van der Waals surface area contributed by atoms with Crippen LogP contribution in [0, 0.1) is 12.8 Å². The van der Waals surface area contributed by atoms with E-state index >= 15 is 0 Å². The molecule has 11 heteroatoms. The van der Waals surface area contributed by atoms with Crippen molar-refractivity contribution in [3.05, 3.63) is 51.5 Å². The van der Waals surface area contributed by atoms with Gasteiger partial charge in [-0.1, -0.05) is 43.7 Å². The van der Waals surface area contributed by atoms with Gasteiger partial charge in [0.25, 0.3) is 5.91 Å². The molecule has 0 atom stereocenters. The maximum absolute atomic E-state index is 13.7. The number of carboxylic acid groups (broad SMARTS) is 1. The number of hydrogen-bond acceptors (Lipinski definition) is 7. The van der Waals surface area contributed by atoms with Crippen molar-refractivity contribution in [2.45, 2.75) is 58.4 Å². The minimum absolute atomic E-state index is 0.222. The molecule has 0 spiro atoms. The van der Waals surface area contributed by atoms with Gasteiger partial charge in [0.15, 0.2) is 5.13 Å². The second-order valence-corrected chi connectivity index (χ2v) is 12.4. The van der Waals surface area contributed by atoms with E-state index in [4.69, 9.17) is 30.8 Å². The second kappa shape index (κ2) is 13.3. The highest BCUT2D eigenvalue weighted by Gasteiger charge is 2.24. The zero-order valence-electron chi connectivity index (χ0n) is 24.8. The van der Waals surface area contributed by atoms with Crippen LogP contribution < -0.4 is 19.5 Å². The Labute approximate surface area is 259 Å². The average Bonchev–Trinajstić information content (AvgIpc) is 3.57. The molecule has 0 saturated heterocycles. The van der Waals surface area contributed by atoms with Crippen molar-refractivity contribution in [3.63, 3.8) is 0 Å². The van der Waals surface area contributed by atoms with Crippen LogP contribution in [0.4, 0.5) is 5.13 Å². The van der Waals surface area contributed by atoms with Gasteiger partial charge in [-0.15, -0.1) is 11.3 Å². The highest BCUT2D eigenvalue weighted by molar-refractivity contribution is 7.16. The van der Waals surface area contributed by atoms with E-state index in [0.29, 0.717) is 49.9 Å². The minimum Gasteiger partial charge on any atom is -0.497 e. The van der Waals surface area contributed by atoms with Gasteiger partial charge < -0.3 is 23.9 Å². The van der Waals surface area contributed by atoms with Gasteiger partial charge >= 0.3 is 5.97 Å². The second-order valence-electron chi connectivity index (χ2n) is 10.9. The zero-order valence-corrected chi connectivity index (χ0v) is 26.4. The summed E-state index contributed by atoms with van der Waals surface area (Å²) in [6.07, 6.45) is 8.12. The Kier molecular flexibility index (Phi) is 9.46. The predicted molar refractivity (Wildman–Crippen MR) is 169 cm³/mol. The van der Waals surface area contributed by atoms with Crippen molar-refractivity contribution >= 4 is 50.8 Å². The lowest BCUT2D eigenvalue weighted by Crippen LogP contribution is -2.20. The molecular formula is C32H36ClN3O6S. The molecule has 0 aliphatic heterocycles. The smallest absolute Gasteiger partial charge is 0.323 e. The lowest BCUT2D eigenvalue weighted by molar-refractivity contribution is -0.137. The molecule has 1 fully saturated rings. The number of fused-ring (bicyclic) bond motifs is 1. The van der Waals surface area contributed by atoms with Crippen LogP contribution >= 0.6 is 22.9 Å². The Morgan fingerprint density at radius 2 is 1.79 bits per heavy atom. The molecule has 2 aromatic carbocycles. The van der Waals surface area contributed by atoms with Gasteiger partial charge in [0, 0.05) is 21.9 Å². The third-order valence-corrected chi connectivity index (χ3v) is 9.40. The van der Waals surface area contributed by atoms with Crippen molar-refractivity contribution in [2.75, 3.05) is 26.6 Å². The fraction of sp³-hybridized carbons (Fsp3) is 0.406. The van der Waals surface area contributed by atoms with Gasteiger partial charge in [-0.3, -0.25) is 14.9 Å². The van der Waals surface area contributed by atoms with Crippen LogP contribution in [0.25, 0.3) is 22.2 Å². The number of benzene rings is 2. The Balaban J connectivity index is 1.53. The third-order valence-electron chi connectivity index (χ3n) is 8.07. The molecular weight excluding hydrogens is 590 g/mol. The first-order chi connectivity index (χ1) is 20.7. The van der Waals surface area contributed by atoms with Crippen molar-refractivity contribution < 1.29 is 28.9 Å². The molecule has 2 N–H and O–H groups in total. The first-order valence-corrected chi connectivity index (χ1v) is 15.5. The van der Waals surface area contributed by atoms with Crippen LogP contribution in [0.2, 0.25) is 5.02 Å². The van der Waals surface area contributed by atoms with E-state index in [1.807, 2.05) is 19.1 Å². The lowest BCUT2D eigenvalue weighted by Gasteiger charge is -2.21. The SMILES string of the molecule is COc1cc(C)c2c(c1)cc(C(=O)Nc1nc(-c3cc(OC)c(Cl)cc3OC)c(CCC3CCCCC3)s1)n2CC(=O)O. The van der Waals surface area contributed by atoms with E-state index in [2.05, 4.69) is 5.32 Å². The highest BCUT2D eigenvalue weighted by atomic mass is 35.5. The number of ether oxygens (including phenoxy) is 3. The number of hydrogen-bond donors (Lipinski definition) is 2. The van der Waals surface area contributed by atoms with E-state index in [0.717, 1.165) is 28.8 Å². The Hall–Kier alpha value is -3.76. The van der Waals surface area contributed by atoms with E-state index in [1.165, 1.54) is 48.0 Å². The summed E-state index contributed by atoms with van der Waals surface area (Å²) in [5.41, 5.74) is 3.12. The number of nitrogens with zero attached hydrogens (tertiary/aromatic N) is 2. The summed E-state index contributed by atoms with van der Waals surface area (Å²) in [4.78, 5) is 31.4. The van der Waals surface area contributed by atoms with Crippen LogP contribution in [0.5, 0.6) is 17.2 Å². The number of halogens is 1. The normalized spacial score (nSPS) is 13.7. The number of carboxylic acids is 1. The number of aliphatic carboxylic acids is 1. The fourth-order valence-electron chi connectivity index (χ4n) is 6.01. The summed E-state index contributed by atoms with van der Waals surface area (Å²) in [6.45, 7) is 1.50. The number of anilines is 1. The van der Waals surface area contributed by atoms with Crippen LogP contribution in [0.15, 0.2) is 30.3 Å². The van der Waals surface area contributed by atoms with E-state index in [9.17, 15) is 14.7 Å². The summed E-state index contributed by atoms with van der Waals surface area (Å²) >= 11 is 7.82. The number of amides is 1. The average molecular weight is 626 g/mol. The molecule has 0 radical (unpaired) electrons. The lowest BCUT2D eigenvalue weighted by atomic mass is 9.86. The fourth-order valence-corrected chi connectivity index (χ4v) is 7.22. The van der Waals surface area contributed by atoms with Gasteiger partial charge in [0.2, 0.25) is 0 Å². The summed E-state index contributed by atoms with van der Waals surface area (Å²) < 4.78 is 18.1. The number of carbonyl (C=O) groups excluding carboxylic acids is 1. The Morgan fingerprint density at radius 1 is 1.05 bits per heavy atom. The standard InChI is InChI=1S/C32H36ClN3O6S/c1-18-12-21(40-2)13-20-14-24(36(30(18)20)17-28(37)38)31(39)35-32-34-29(22-15-26(42-4)23(33)16-25(22)41-3)27(43-32)11-10-19-8-6-5-7-9-19/h12-16,19H,5-11,17H2,1-4H3,(H,37,38)(H,34,35,39). The van der Waals surface area contributed by atoms with E-state index in [-0.39, 0.29) is 12.2 Å². The first kappa shape index (κ1) is 30.7. The highest BCUT2D eigenvalue weighted by Crippen LogP contribution is 2.43.